The van der Waals surface area contributed by atoms with Gasteiger partial charge in [-0.1, -0.05) is 90.4 Å². The number of carbonyl (C=O) groups is 2. The van der Waals surface area contributed by atoms with E-state index in [9.17, 15) is 9.59 Å². The van der Waals surface area contributed by atoms with Crippen molar-refractivity contribution in [3.63, 3.8) is 0 Å². The maximum absolute atomic E-state index is 11.3. The number of rotatable bonds is 4. The van der Waals surface area contributed by atoms with E-state index in [1.165, 1.54) is 11.1 Å². The van der Waals surface area contributed by atoms with Crippen LogP contribution >= 0.6 is 28.3 Å². The lowest BCUT2D eigenvalue weighted by Gasteiger charge is -2.21. The largest absolute Gasteiger partial charge is 0.351 e. The number of hydrogen-bond acceptors (Lipinski definition) is 2. The Hall–Kier alpha value is -1.85. The maximum Gasteiger partial charge on any atom is 0.318 e. The third-order valence-electron chi connectivity index (χ3n) is 3.65. The average Bonchev–Trinajstić information content (AvgIpc) is 2.62. The van der Waals surface area contributed by atoms with Crippen molar-refractivity contribution in [3.8, 4) is 11.1 Å². The first-order valence-electron chi connectivity index (χ1n) is 7.83. The summed E-state index contributed by atoms with van der Waals surface area (Å²) in [6, 6.07) is 20.0. The van der Waals surface area contributed by atoms with Crippen LogP contribution in [0.4, 0.5) is 4.79 Å². The molecule has 136 valence electrons. The third-order valence-corrected chi connectivity index (χ3v) is 5.13. The van der Waals surface area contributed by atoms with Gasteiger partial charge in [-0.15, -0.1) is 12.4 Å². The Morgan fingerprint density at radius 2 is 1.28 bits per heavy atom. The number of alkyl halides is 1. The lowest BCUT2D eigenvalue weighted by molar-refractivity contribution is -0.122. The number of carbonyl (C=O) groups excluding carboxylic acids is 2. The highest BCUT2D eigenvalue weighted by Gasteiger charge is 2.32. The zero-order valence-corrected chi connectivity index (χ0v) is 16.8. The highest BCUT2D eigenvalue weighted by Crippen LogP contribution is 2.26. The summed E-state index contributed by atoms with van der Waals surface area (Å²) >= 11 is 3.26. The predicted octanol–water partition coefficient (Wildman–Crippen LogP) is 4.91. The molecule has 0 saturated carbocycles. The quantitative estimate of drug-likeness (QED) is 0.680. The van der Waals surface area contributed by atoms with Gasteiger partial charge < -0.3 is 5.73 Å². The van der Waals surface area contributed by atoms with Gasteiger partial charge in [0.05, 0.1) is 0 Å². The molecule has 25 heavy (non-hydrogen) atoms. The highest BCUT2D eigenvalue weighted by molar-refractivity contribution is 9.10. The zero-order valence-electron chi connectivity index (χ0n) is 14.4. The molecule has 0 aliphatic carbocycles. The van der Waals surface area contributed by atoms with E-state index in [1.54, 1.807) is 0 Å². The first-order valence-corrected chi connectivity index (χ1v) is 8.62. The molecule has 3 amide bonds. The summed E-state index contributed by atoms with van der Waals surface area (Å²) in [6.07, 6.45) is 1.23. The van der Waals surface area contributed by atoms with Gasteiger partial charge in [0.1, 0.15) is 4.32 Å². The van der Waals surface area contributed by atoms with Gasteiger partial charge in [0.2, 0.25) is 5.91 Å². The van der Waals surface area contributed by atoms with Crippen LogP contribution < -0.4 is 11.1 Å². The smallest absolute Gasteiger partial charge is 0.318 e. The van der Waals surface area contributed by atoms with Gasteiger partial charge in [0.15, 0.2) is 0 Å². The standard InChI is InChI=1S/C12H10.C7H13BrN2O2.ClH/c1-3-7-11(8-4-1)12-9-5-2-6-10-12;1-3-7(8,4-2)5(11)10-6(9)12;/h1-10H;3-4H2,1-2H3,(H3,9,10,11,12);1H. The molecule has 2 aromatic rings. The van der Waals surface area contributed by atoms with Gasteiger partial charge in [-0.05, 0) is 24.0 Å². The van der Waals surface area contributed by atoms with Gasteiger partial charge in [-0.2, -0.15) is 0 Å². The van der Waals surface area contributed by atoms with E-state index < -0.39 is 10.4 Å². The third kappa shape index (κ3) is 7.71. The van der Waals surface area contributed by atoms with Crippen LogP contribution in [0.3, 0.4) is 0 Å². The fourth-order valence-corrected chi connectivity index (χ4v) is 2.16. The summed E-state index contributed by atoms with van der Waals surface area (Å²) in [5.74, 6) is -0.375. The summed E-state index contributed by atoms with van der Waals surface area (Å²) in [5, 5.41) is 2.04. The average molecular weight is 428 g/mol. The van der Waals surface area contributed by atoms with Crippen molar-refractivity contribution in [1.82, 2.24) is 5.32 Å². The van der Waals surface area contributed by atoms with E-state index in [4.69, 9.17) is 5.73 Å². The van der Waals surface area contributed by atoms with Crippen molar-refractivity contribution in [1.29, 1.82) is 0 Å². The molecule has 0 aliphatic heterocycles. The Balaban J connectivity index is 0.000000443. The number of hydrogen-bond donors (Lipinski definition) is 2. The van der Waals surface area contributed by atoms with Gasteiger partial charge >= 0.3 is 6.03 Å². The van der Waals surface area contributed by atoms with E-state index in [0.29, 0.717) is 12.8 Å². The number of halogens is 2. The van der Waals surface area contributed by atoms with Crippen LogP contribution in [0.5, 0.6) is 0 Å². The number of urea groups is 1. The Morgan fingerprint density at radius 3 is 1.56 bits per heavy atom. The lowest BCUT2D eigenvalue weighted by atomic mass is 10.0. The Kier molecular flexibility index (Phi) is 10.8. The van der Waals surface area contributed by atoms with Gasteiger partial charge in [-0.3, -0.25) is 10.1 Å². The van der Waals surface area contributed by atoms with Gasteiger partial charge in [0.25, 0.3) is 0 Å². The van der Waals surface area contributed by atoms with Crippen LogP contribution in [-0.4, -0.2) is 16.3 Å². The molecule has 0 fully saturated rings. The number of imide groups is 1. The first kappa shape index (κ1) is 23.1. The molecule has 4 nitrogen and oxygen atoms in total. The summed E-state index contributed by atoms with van der Waals surface area (Å²) in [7, 11) is 0. The minimum atomic E-state index is -0.814. The Labute approximate surface area is 163 Å². The predicted molar refractivity (Wildman–Crippen MR) is 109 cm³/mol. The molecule has 6 heteroatoms. The number of amides is 3. The first-order chi connectivity index (χ1) is 11.4. The molecule has 0 bridgehead atoms. The summed E-state index contributed by atoms with van der Waals surface area (Å²) in [5.41, 5.74) is 7.36. The molecule has 0 saturated heterocycles. The second kappa shape index (κ2) is 11.7. The Bertz CT molecular complexity index is 609. The topological polar surface area (TPSA) is 72.2 Å². The molecule has 0 heterocycles. The van der Waals surface area contributed by atoms with Crippen LogP contribution in [0.15, 0.2) is 60.7 Å². The van der Waals surface area contributed by atoms with E-state index in [0.717, 1.165) is 0 Å². The molecule has 2 aromatic carbocycles. The van der Waals surface area contributed by atoms with Crippen molar-refractivity contribution in [2.75, 3.05) is 0 Å². The minimum Gasteiger partial charge on any atom is -0.351 e. The minimum absolute atomic E-state index is 0. The number of nitrogens with two attached hydrogens (primary N) is 1. The van der Waals surface area contributed by atoms with Crippen molar-refractivity contribution < 1.29 is 9.59 Å². The summed E-state index contributed by atoms with van der Waals surface area (Å²) in [6.45, 7) is 3.72. The number of nitrogens with one attached hydrogen (secondary N) is 1. The second-order valence-corrected chi connectivity index (χ2v) is 6.74. The van der Waals surface area contributed by atoms with E-state index in [-0.39, 0.29) is 18.3 Å². The molecular formula is C19H24BrClN2O2. The Morgan fingerprint density at radius 1 is 0.920 bits per heavy atom. The molecule has 0 unspecified atom stereocenters. The summed E-state index contributed by atoms with van der Waals surface area (Å²) in [4.78, 5) is 21.6. The maximum atomic E-state index is 11.3. The SMILES string of the molecule is CCC(Br)(CC)C(=O)NC(N)=O.Cl.c1ccc(-c2ccccc2)cc1. The van der Waals surface area contributed by atoms with Crippen molar-refractivity contribution in [2.24, 2.45) is 5.73 Å². The number of primary amides is 1. The van der Waals surface area contributed by atoms with Crippen LogP contribution in [0.1, 0.15) is 26.7 Å². The van der Waals surface area contributed by atoms with E-state index in [1.807, 2.05) is 31.3 Å². The van der Waals surface area contributed by atoms with Crippen LogP contribution in [0.25, 0.3) is 11.1 Å². The monoisotopic (exact) mass is 426 g/mol. The van der Waals surface area contributed by atoms with Crippen LogP contribution in [0.2, 0.25) is 0 Å². The summed E-state index contributed by atoms with van der Waals surface area (Å²) < 4.78 is -0.665. The zero-order chi connectivity index (χ0) is 18.0. The van der Waals surface area contributed by atoms with E-state index in [2.05, 4.69) is 64.5 Å². The highest BCUT2D eigenvalue weighted by atomic mass is 79.9. The molecule has 0 atom stereocenters. The van der Waals surface area contributed by atoms with Gasteiger partial charge in [0, 0.05) is 0 Å². The van der Waals surface area contributed by atoms with Crippen molar-refractivity contribution in [3.05, 3.63) is 60.7 Å². The second-order valence-electron chi connectivity index (χ2n) is 5.22. The van der Waals surface area contributed by atoms with Crippen molar-refractivity contribution in [2.45, 2.75) is 31.0 Å². The van der Waals surface area contributed by atoms with E-state index >= 15 is 0 Å². The number of benzene rings is 2. The molecule has 2 rings (SSSR count). The fraction of sp³-hybridized carbons (Fsp3) is 0.263. The molecular weight excluding hydrogens is 404 g/mol. The molecule has 0 spiro atoms. The van der Waals surface area contributed by atoms with Gasteiger partial charge in [-0.25, -0.2) is 4.79 Å². The van der Waals surface area contributed by atoms with Crippen LogP contribution in [-0.2, 0) is 4.79 Å². The normalized spacial score (nSPS) is 9.88. The lowest BCUT2D eigenvalue weighted by Crippen LogP contribution is -2.46. The van der Waals surface area contributed by atoms with Crippen molar-refractivity contribution >= 4 is 40.3 Å². The molecule has 3 N–H and O–H groups in total. The van der Waals surface area contributed by atoms with Crippen LogP contribution in [0, 0.1) is 0 Å². The molecule has 0 aliphatic rings. The fourth-order valence-electron chi connectivity index (χ4n) is 2.06. The molecule has 0 aromatic heterocycles. The molecule has 0 radical (unpaired) electrons.